The van der Waals surface area contributed by atoms with Gasteiger partial charge in [-0.05, 0) is 36.1 Å². The molecule has 4 rings (SSSR count). The number of hydrogen-bond donors (Lipinski definition) is 1. The van der Waals surface area contributed by atoms with E-state index in [1.807, 2.05) is 19.1 Å². The lowest BCUT2D eigenvalue weighted by Gasteiger charge is -2.13. The Morgan fingerprint density at radius 2 is 1.82 bits per heavy atom. The predicted molar refractivity (Wildman–Crippen MR) is 112 cm³/mol. The van der Waals surface area contributed by atoms with E-state index < -0.39 is 0 Å². The van der Waals surface area contributed by atoms with Crippen molar-refractivity contribution in [1.82, 2.24) is 9.97 Å². The molecule has 0 unspecified atom stereocenters. The minimum Gasteiger partial charge on any atom is -0.461 e. The van der Waals surface area contributed by atoms with Crippen molar-refractivity contribution in [3.05, 3.63) is 53.9 Å². The molecule has 0 aliphatic heterocycles. The van der Waals surface area contributed by atoms with E-state index in [0.717, 1.165) is 23.5 Å². The Morgan fingerprint density at radius 1 is 1.07 bits per heavy atom. The van der Waals surface area contributed by atoms with E-state index >= 15 is 0 Å². The van der Waals surface area contributed by atoms with Crippen molar-refractivity contribution < 1.29 is 9.53 Å². The van der Waals surface area contributed by atoms with Gasteiger partial charge in [0.25, 0.3) is 0 Å². The number of carbonyl (C=O) groups excluding carboxylic acids is 1. The van der Waals surface area contributed by atoms with Gasteiger partial charge < -0.3 is 9.72 Å². The van der Waals surface area contributed by atoms with Gasteiger partial charge in [-0.2, -0.15) is 0 Å². The molecule has 4 nitrogen and oxygen atoms in total. The largest absolute Gasteiger partial charge is 0.461 e. The Kier molecular flexibility index (Phi) is 5.75. The zero-order valence-electron chi connectivity index (χ0n) is 16.5. The number of esters is 1. The SMILES string of the molecule is CCOC(=O)c1nc(-c2ccc3ccccc3c2)[nH]c1CC1CCCCCC1. The Bertz CT molecular complexity index is 952. The maximum absolute atomic E-state index is 12.5. The van der Waals surface area contributed by atoms with Crippen LogP contribution in [0.4, 0.5) is 0 Å². The maximum atomic E-state index is 12.5. The summed E-state index contributed by atoms with van der Waals surface area (Å²) in [5.41, 5.74) is 2.37. The van der Waals surface area contributed by atoms with E-state index in [9.17, 15) is 4.79 Å². The first-order valence-corrected chi connectivity index (χ1v) is 10.5. The van der Waals surface area contributed by atoms with Crippen molar-refractivity contribution in [3.8, 4) is 11.4 Å². The predicted octanol–water partition coefficient (Wildman–Crippen LogP) is 5.92. The Hall–Kier alpha value is -2.62. The van der Waals surface area contributed by atoms with Crippen molar-refractivity contribution in [2.45, 2.75) is 51.9 Å². The lowest BCUT2D eigenvalue weighted by atomic mass is 9.94. The minimum atomic E-state index is -0.325. The number of nitrogens with one attached hydrogen (secondary N) is 1. The maximum Gasteiger partial charge on any atom is 0.358 e. The van der Waals surface area contributed by atoms with Gasteiger partial charge in [-0.1, -0.05) is 74.9 Å². The first-order chi connectivity index (χ1) is 13.7. The number of benzene rings is 2. The molecule has 0 saturated heterocycles. The molecule has 0 radical (unpaired) electrons. The lowest BCUT2D eigenvalue weighted by molar-refractivity contribution is 0.0518. The van der Waals surface area contributed by atoms with Crippen molar-refractivity contribution >= 4 is 16.7 Å². The highest BCUT2D eigenvalue weighted by Crippen LogP contribution is 2.29. The van der Waals surface area contributed by atoms with Gasteiger partial charge in [0.05, 0.1) is 12.3 Å². The number of hydrogen-bond acceptors (Lipinski definition) is 3. The van der Waals surface area contributed by atoms with Crippen molar-refractivity contribution in [2.24, 2.45) is 5.92 Å². The molecule has 0 atom stereocenters. The number of H-pyrrole nitrogens is 1. The van der Waals surface area contributed by atoms with Gasteiger partial charge >= 0.3 is 5.97 Å². The van der Waals surface area contributed by atoms with Gasteiger partial charge in [-0.3, -0.25) is 0 Å². The van der Waals surface area contributed by atoms with Crippen LogP contribution in [-0.4, -0.2) is 22.5 Å². The van der Waals surface area contributed by atoms with Crippen LogP contribution < -0.4 is 0 Å². The van der Waals surface area contributed by atoms with Gasteiger partial charge in [0.2, 0.25) is 0 Å². The molecule has 1 aromatic heterocycles. The third kappa shape index (κ3) is 4.11. The average Bonchev–Trinajstić information content (AvgIpc) is 2.96. The first-order valence-electron chi connectivity index (χ1n) is 10.5. The smallest absolute Gasteiger partial charge is 0.358 e. The molecular weight excluding hydrogens is 348 g/mol. The van der Waals surface area contributed by atoms with Gasteiger partial charge in [0.1, 0.15) is 5.82 Å². The van der Waals surface area contributed by atoms with E-state index in [1.165, 1.54) is 49.3 Å². The zero-order chi connectivity index (χ0) is 19.3. The second-order valence-corrected chi connectivity index (χ2v) is 7.76. The summed E-state index contributed by atoms with van der Waals surface area (Å²) >= 11 is 0. The normalized spacial score (nSPS) is 15.5. The number of aromatic amines is 1. The lowest BCUT2D eigenvalue weighted by Crippen LogP contribution is -2.11. The topological polar surface area (TPSA) is 55.0 Å². The summed E-state index contributed by atoms with van der Waals surface area (Å²) in [7, 11) is 0. The molecule has 4 heteroatoms. The number of rotatable bonds is 5. The van der Waals surface area contributed by atoms with Crippen LogP contribution in [0.15, 0.2) is 42.5 Å². The van der Waals surface area contributed by atoms with Gasteiger partial charge in [0.15, 0.2) is 5.69 Å². The number of nitrogens with zero attached hydrogens (tertiary/aromatic N) is 1. The molecule has 0 bridgehead atoms. The number of ether oxygens (including phenoxy) is 1. The van der Waals surface area contributed by atoms with E-state index in [-0.39, 0.29) is 5.97 Å². The zero-order valence-corrected chi connectivity index (χ0v) is 16.5. The van der Waals surface area contributed by atoms with E-state index in [0.29, 0.717) is 18.2 Å². The van der Waals surface area contributed by atoms with Crippen LogP contribution in [0.2, 0.25) is 0 Å². The van der Waals surface area contributed by atoms with E-state index in [4.69, 9.17) is 4.74 Å². The fourth-order valence-electron chi connectivity index (χ4n) is 4.26. The van der Waals surface area contributed by atoms with Gasteiger partial charge in [0, 0.05) is 5.56 Å². The van der Waals surface area contributed by atoms with Crippen LogP contribution in [-0.2, 0) is 11.2 Å². The molecular formula is C24H28N2O2. The number of aromatic nitrogens is 2. The average molecular weight is 377 g/mol. The summed E-state index contributed by atoms with van der Waals surface area (Å²) < 4.78 is 5.28. The molecule has 146 valence electrons. The Morgan fingerprint density at radius 3 is 2.57 bits per heavy atom. The highest BCUT2D eigenvalue weighted by Gasteiger charge is 2.23. The molecule has 1 aliphatic rings. The van der Waals surface area contributed by atoms with Crippen LogP contribution in [0.1, 0.15) is 61.6 Å². The van der Waals surface area contributed by atoms with Crippen LogP contribution in [0.3, 0.4) is 0 Å². The fraction of sp³-hybridized carbons (Fsp3) is 0.417. The molecule has 0 amide bonds. The molecule has 1 fully saturated rings. The molecule has 2 aromatic carbocycles. The number of fused-ring (bicyclic) bond motifs is 1. The molecule has 1 N–H and O–H groups in total. The highest BCUT2D eigenvalue weighted by atomic mass is 16.5. The summed E-state index contributed by atoms with van der Waals surface area (Å²) in [6.45, 7) is 2.19. The summed E-state index contributed by atoms with van der Waals surface area (Å²) in [5, 5.41) is 2.36. The van der Waals surface area contributed by atoms with Crippen molar-refractivity contribution in [2.75, 3.05) is 6.61 Å². The molecule has 1 aliphatic carbocycles. The van der Waals surface area contributed by atoms with E-state index in [2.05, 4.69) is 40.3 Å². The third-order valence-electron chi connectivity index (χ3n) is 5.74. The monoisotopic (exact) mass is 376 g/mol. The van der Waals surface area contributed by atoms with Crippen LogP contribution in [0, 0.1) is 5.92 Å². The summed E-state index contributed by atoms with van der Waals surface area (Å²) in [6, 6.07) is 14.6. The third-order valence-corrected chi connectivity index (χ3v) is 5.74. The minimum absolute atomic E-state index is 0.325. The van der Waals surface area contributed by atoms with Gasteiger partial charge in [-0.25, -0.2) is 9.78 Å². The van der Waals surface area contributed by atoms with Crippen molar-refractivity contribution in [1.29, 1.82) is 0 Å². The molecule has 1 heterocycles. The second kappa shape index (κ2) is 8.59. The van der Waals surface area contributed by atoms with Gasteiger partial charge in [-0.15, -0.1) is 0 Å². The van der Waals surface area contributed by atoms with E-state index in [1.54, 1.807) is 0 Å². The molecule has 28 heavy (non-hydrogen) atoms. The summed E-state index contributed by atoms with van der Waals surface area (Å²) in [4.78, 5) is 20.6. The quantitative estimate of drug-likeness (QED) is 0.444. The molecule has 1 saturated carbocycles. The summed E-state index contributed by atoms with van der Waals surface area (Å²) in [6.07, 6.45) is 8.54. The van der Waals surface area contributed by atoms with Crippen LogP contribution in [0.25, 0.3) is 22.2 Å². The Labute approximate surface area is 166 Å². The number of carbonyl (C=O) groups is 1. The van der Waals surface area contributed by atoms with Crippen LogP contribution >= 0.6 is 0 Å². The fourth-order valence-corrected chi connectivity index (χ4v) is 4.26. The van der Waals surface area contributed by atoms with Crippen molar-refractivity contribution in [3.63, 3.8) is 0 Å². The first kappa shape index (κ1) is 18.7. The Balaban J connectivity index is 1.67. The van der Waals surface area contributed by atoms with Crippen LogP contribution in [0.5, 0.6) is 0 Å². The highest BCUT2D eigenvalue weighted by molar-refractivity contribution is 5.90. The second-order valence-electron chi connectivity index (χ2n) is 7.76. The number of imidazole rings is 1. The summed E-state index contributed by atoms with van der Waals surface area (Å²) in [5.74, 6) is 1.03. The molecule has 3 aromatic rings. The molecule has 0 spiro atoms. The standard InChI is InChI=1S/C24H28N2O2/c1-2-28-24(27)22-21(15-17-9-5-3-4-6-10-17)25-23(26-22)20-14-13-18-11-7-8-12-19(18)16-20/h7-8,11-14,16-17H,2-6,9-10,15H2,1H3,(H,25,26).